The first-order chi connectivity index (χ1) is 8.28. The lowest BCUT2D eigenvalue weighted by Gasteiger charge is -2.23. The summed E-state index contributed by atoms with van der Waals surface area (Å²) in [5.41, 5.74) is 0. The van der Waals surface area contributed by atoms with E-state index in [4.69, 9.17) is 18.9 Å². The Hall–Kier alpha value is -0.200. The minimum absolute atomic E-state index is 0.492. The largest absolute Gasteiger partial charge is 0.343 e. The lowest BCUT2D eigenvalue weighted by atomic mass is 10.4. The van der Waals surface area contributed by atoms with Gasteiger partial charge in [-0.15, -0.1) is 0 Å². The van der Waals surface area contributed by atoms with Crippen LogP contribution in [-0.4, -0.2) is 40.3 Å². The number of rotatable bonds is 12. The van der Waals surface area contributed by atoms with Gasteiger partial charge in [0.1, 0.15) is 0 Å². The summed E-state index contributed by atoms with van der Waals surface area (Å²) in [5, 5.41) is 2.98. The van der Waals surface area contributed by atoms with E-state index in [1.807, 2.05) is 0 Å². The molecule has 2 unspecified atom stereocenters. The van der Waals surface area contributed by atoms with E-state index < -0.39 is 12.8 Å². The van der Waals surface area contributed by atoms with Gasteiger partial charge in [-0.2, -0.15) is 0 Å². The maximum atomic E-state index is 5.48. The van der Waals surface area contributed by atoms with Crippen molar-refractivity contribution in [1.29, 1.82) is 0 Å². The molecule has 104 valence electrons. The molecule has 0 aliphatic carbocycles. The molecule has 0 aliphatic heterocycles. The Bertz CT molecular complexity index is 141. The smallest absolute Gasteiger partial charge is 0.219 e. The number of methoxy groups -OCH3 is 2. The van der Waals surface area contributed by atoms with E-state index in [2.05, 4.69) is 19.2 Å². The number of hydrogen-bond donors (Lipinski definition) is 1. The topological polar surface area (TPSA) is 49.0 Å². The highest BCUT2D eigenvalue weighted by Gasteiger charge is 2.14. The summed E-state index contributed by atoms with van der Waals surface area (Å²) in [6.45, 7) is 5.55. The van der Waals surface area contributed by atoms with Gasteiger partial charge in [0.25, 0.3) is 0 Å². The normalized spacial score (nSPS) is 14.8. The second-order valence-electron chi connectivity index (χ2n) is 3.75. The van der Waals surface area contributed by atoms with Gasteiger partial charge in [0.05, 0.1) is 13.2 Å². The lowest BCUT2D eigenvalue weighted by molar-refractivity contribution is -0.222. The molecule has 0 bridgehead atoms. The van der Waals surface area contributed by atoms with Crippen molar-refractivity contribution in [3.05, 3.63) is 0 Å². The highest BCUT2D eigenvalue weighted by molar-refractivity contribution is 4.44. The fraction of sp³-hybridized carbons (Fsp3) is 1.00. The van der Waals surface area contributed by atoms with Gasteiger partial charge in [0.2, 0.25) is 12.8 Å². The quantitative estimate of drug-likeness (QED) is 0.424. The van der Waals surface area contributed by atoms with Crippen LogP contribution in [0.25, 0.3) is 0 Å². The second-order valence-corrected chi connectivity index (χ2v) is 3.75. The molecule has 2 atom stereocenters. The van der Waals surface area contributed by atoms with Crippen molar-refractivity contribution in [3.8, 4) is 0 Å². The molecule has 0 aliphatic rings. The average Bonchev–Trinajstić information content (AvgIpc) is 2.36. The van der Waals surface area contributed by atoms with Gasteiger partial charge >= 0.3 is 0 Å². The summed E-state index contributed by atoms with van der Waals surface area (Å²) in [4.78, 5) is 0. The molecular formula is C12H27NO4. The summed E-state index contributed by atoms with van der Waals surface area (Å²) >= 11 is 0. The van der Waals surface area contributed by atoms with E-state index in [9.17, 15) is 0 Å². The second kappa shape index (κ2) is 12.3. The minimum Gasteiger partial charge on any atom is -0.343 e. The molecule has 5 heteroatoms. The molecule has 17 heavy (non-hydrogen) atoms. The highest BCUT2D eigenvalue weighted by atomic mass is 16.7. The molecule has 5 nitrogen and oxygen atoms in total. The van der Waals surface area contributed by atoms with Crippen molar-refractivity contribution >= 4 is 0 Å². The summed E-state index contributed by atoms with van der Waals surface area (Å²) in [5.74, 6) is 0. The van der Waals surface area contributed by atoms with E-state index in [0.29, 0.717) is 13.2 Å². The summed E-state index contributed by atoms with van der Waals surface area (Å²) in [6, 6.07) is 0. The van der Waals surface area contributed by atoms with Gasteiger partial charge in [-0.3, -0.25) is 0 Å². The Morgan fingerprint density at radius 1 is 0.824 bits per heavy atom. The Morgan fingerprint density at radius 2 is 1.24 bits per heavy atom. The molecule has 0 saturated carbocycles. The lowest BCUT2D eigenvalue weighted by Crippen LogP contribution is -2.44. The number of nitrogens with one attached hydrogen (secondary N) is 1. The van der Waals surface area contributed by atoms with Crippen LogP contribution in [0.1, 0.15) is 39.5 Å². The molecular weight excluding hydrogens is 222 g/mol. The van der Waals surface area contributed by atoms with Crippen LogP contribution in [0.5, 0.6) is 0 Å². The van der Waals surface area contributed by atoms with Crippen molar-refractivity contribution < 1.29 is 18.9 Å². The summed E-state index contributed by atoms with van der Waals surface area (Å²) < 4.78 is 21.2. The van der Waals surface area contributed by atoms with E-state index in [-0.39, 0.29) is 0 Å². The van der Waals surface area contributed by atoms with E-state index in [1.54, 1.807) is 14.2 Å². The average molecular weight is 249 g/mol. The van der Waals surface area contributed by atoms with Gasteiger partial charge < -0.3 is 18.9 Å². The van der Waals surface area contributed by atoms with Gasteiger partial charge in [0, 0.05) is 14.2 Å². The number of unbranched alkanes of at least 4 members (excludes halogenated alkanes) is 2. The van der Waals surface area contributed by atoms with Gasteiger partial charge in [-0.25, -0.2) is 5.32 Å². The van der Waals surface area contributed by atoms with Gasteiger partial charge in [0.15, 0.2) is 0 Å². The molecule has 0 amide bonds. The predicted octanol–water partition coefficient (Wildman–Crippen LogP) is 2.07. The standard InChI is InChI=1S/C12H27NO4/c1-5-7-9-16-11(14-3)13-12(15-4)17-10-8-6-2/h11-13H,5-10H2,1-4H3. The van der Waals surface area contributed by atoms with Crippen LogP contribution in [0.3, 0.4) is 0 Å². The summed E-state index contributed by atoms with van der Waals surface area (Å²) in [7, 11) is 3.17. The Labute approximate surface area is 105 Å². The van der Waals surface area contributed by atoms with Crippen LogP contribution in [-0.2, 0) is 18.9 Å². The fourth-order valence-electron chi connectivity index (χ4n) is 1.15. The Morgan fingerprint density at radius 3 is 1.53 bits per heavy atom. The number of hydrogen-bond acceptors (Lipinski definition) is 5. The molecule has 0 aromatic rings. The van der Waals surface area contributed by atoms with Crippen molar-refractivity contribution in [2.24, 2.45) is 0 Å². The maximum Gasteiger partial charge on any atom is 0.219 e. The molecule has 0 fully saturated rings. The Kier molecular flexibility index (Phi) is 12.1. The van der Waals surface area contributed by atoms with Crippen molar-refractivity contribution in [3.63, 3.8) is 0 Å². The van der Waals surface area contributed by atoms with Crippen LogP contribution in [0.15, 0.2) is 0 Å². The van der Waals surface area contributed by atoms with Crippen LogP contribution >= 0.6 is 0 Å². The van der Waals surface area contributed by atoms with Crippen molar-refractivity contribution in [2.75, 3.05) is 27.4 Å². The molecule has 0 radical (unpaired) electrons. The monoisotopic (exact) mass is 249 g/mol. The van der Waals surface area contributed by atoms with Crippen LogP contribution in [0, 0.1) is 0 Å². The van der Waals surface area contributed by atoms with Crippen LogP contribution < -0.4 is 5.32 Å². The van der Waals surface area contributed by atoms with Crippen molar-refractivity contribution in [1.82, 2.24) is 5.32 Å². The zero-order valence-electron chi connectivity index (χ0n) is 11.5. The molecule has 0 aromatic heterocycles. The first-order valence-corrected chi connectivity index (χ1v) is 6.33. The van der Waals surface area contributed by atoms with Gasteiger partial charge in [-0.1, -0.05) is 26.7 Å². The first kappa shape index (κ1) is 16.8. The van der Waals surface area contributed by atoms with E-state index in [0.717, 1.165) is 25.7 Å². The summed E-state index contributed by atoms with van der Waals surface area (Å²) in [6.07, 6.45) is 3.22. The van der Waals surface area contributed by atoms with Crippen LogP contribution in [0.4, 0.5) is 0 Å². The van der Waals surface area contributed by atoms with Gasteiger partial charge in [-0.05, 0) is 12.8 Å². The van der Waals surface area contributed by atoms with E-state index >= 15 is 0 Å². The molecule has 0 aromatic carbocycles. The predicted molar refractivity (Wildman–Crippen MR) is 66.4 cm³/mol. The third kappa shape index (κ3) is 9.50. The molecule has 1 N–H and O–H groups in total. The third-order valence-corrected chi connectivity index (χ3v) is 2.23. The van der Waals surface area contributed by atoms with E-state index in [1.165, 1.54) is 0 Å². The SMILES string of the molecule is CCCCOC(NC(OC)OCCCC)OC. The minimum atomic E-state index is -0.492. The number of ether oxygens (including phenoxy) is 4. The zero-order chi connectivity index (χ0) is 12.9. The third-order valence-electron chi connectivity index (χ3n) is 2.23. The zero-order valence-corrected chi connectivity index (χ0v) is 11.5. The molecule has 0 saturated heterocycles. The fourth-order valence-corrected chi connectivity index (χ4v) is 1.15. The van der Waals surface area contributed by atoms with Crippen LogP contribution in [0.2, 0.25) is 0 Å². The molecule has 0 heterocycles. The molecule has 0 spiro atoms. The molecule has 0 rings (SSSR count). The first-order valence-electron chi connectivity index (χ1n) is 6.33. The van der Waals surface area contributed by atoms with Crippen molar-refractivity contribution in [2.45, 2.75) is 52.4 Å². The Balaban J connectivity index is 3.77. The highest BCUT2D eigenvalue weighted by Crippen LogP contribution is 1.99. The maximum absolute atomic E-state index is 5.48.